The maximum absolute atomic E-state index is 12.7. The van der Waals surface area contributed by atoms with Crippen molar-refractivity contribution in [3.05, 3.63) is 71.3 Å². The first kappa shape index (κ1) is 23.9. The number of ether oxygens (including phenoxy) is 1. The largest absolute Gasteiger partial charge is 0.379 e. The van der Waals surface area contributed by atoms with Gasteiger partial charge in [0.2, 0.25) is 15.9 Å². The van der Waals surface area contributed by atoms with Crippen molar-refractivity contribution in [2.45, 2.75) is 31.7 Å². The Morgan fingerprint density at radius 2 is 1.58 bits per heavy atom. The molecule has 0 radical (unpaired) electrons. The van der Waals surface area contributed by atoms with E-state index >= 15 is 0 Å². The molecule has 0 atom stereocenters. The molecule has 1 amide bonds. The summed E-state index contributed by atoms with van der Waals surface area (Å²) in [6, 6.07) is 17.6. The Morgan fingerprint density at radius 3 is 2.30 bits per heavy atom. The monoisotopic (exact) mass is 471 g/mol. The van der Waals surface area contributed by atoms with E-state index in [0.29, 0.717) is 32.5 Å². The van der Waals surface area contributed by atoms with Crippen molar-refractivity contribution in [1.29, 1.82) is 0 Å². The van der Waals surface area contributed by atoms with Gasteiger partial charge < -0.3 is 10.1 Å². The summed E-state index contributed by atoms with van der Waals surface area (Å²) in [5.74, 6) is -0.135. The van der Waals surface area contributed by atoms with Crippen LogP contribution in [0.15, 0.2) is 54.6 Å². The molecule has 0 spiro atoms. The zero-order chi connectivity index (χ0) is 23.1. The molecule has 1 N–H and O–H groups in total. The molecule has 0 aliphatic carbocycles. The maximum Gasteiger partial charge on any atom is 0.223 e. The van der Waals surface area contributed by atoms with Crippen LogP contribution in [0.5, 0.6) is 0 Å². The fraction of sp³-hybridized carbons (Fsp3) is 0.480. The third-order valence-corrected chi connectivity index (χ3v) is 8.23. The molecule has 0 unspecified atom stereocenters. The Labute approximate surface area is 196 Å². The highest BCUT2D eigenvalue weighted by atomic mass is 32.2. The van der Waals surface area contributed by atoms with E-state index in [4.69, 9.17) is 4.74 Å². The first-order valence-corrected chi connectivity index (χ1v) is 13.3. The van der Waals surface area contributed by atoms with Crippen molar-refractivity contribution < 1.29 is 17.9 Å². The van der Waals surface area contributed by atoms with Crippen LogP contribution in [-0.4, -0.2) is 62.9 Å². The molecule has 178 valence electrons. The normalized spacial score (nSPS) is 18.8. The van der Waals surface area contributed by atoms with Crippen molar-refractivity contribution >= 4 is 15.9 Å². The second kappa shape index (κ2) is 11.2. The Morgan fingerprint density at radius 1 is 0.909 bits per heavy atom. The van der Waals surface area contributed by atoms with E-state index < -0.39 is 10.0 Å². The first-order chi connectivity index (χ1) is 16.0. The van der Waals surface area contributed by atoms with Crippen LogP contribution in [0.1, 0.15) is 29.5 Å². The topological polar surface area (TPSA) is 79.0 Å². The lowest BCUT2D eigenvalue weighted by Crippen LogP contribution is -2.43. The fourth-order valence-electron chi connectivity index (χ4n) is 4.46. The van der Waals surface area contributed by atoms with Gasteiger partial charge >= 0.3 is 0 Å². The summed E-state index contributed by atoms with van der Waals surface area (Å²) in [5.41, 5.74) is 3.10. The smallest absolute Gasteiger partial charge is 0.223 e. The van der Waals surface area contributed by atoms with Crippen LogP contribution in [0, 0.1) is 5.92 Å². The number of benzene rings is 2. The van der Waals surface area contributed by atoms with Gasteiger partial charge in [0, 0.05) is 45.2 Å². The van der Waals surface area contributed by atoms with Crippen molar-refractivity contribution in [1.82, 2.24) is 14.5 Å². The fourth-order valence-corrected chi connectivity index (χ4v) is 6.02. The van der Waals surface area contributed by atoms with Gasteiger partial charge in [0.25, 0.3) is 0 Å². The summed E-state index contributed by atoms with van der Waals surface area (Å²) in [6.07, 6.45) is 1.11. The number of nitrogens with one attached hydrogen (secondary N) is 1. The van der Waals surface area contributed by atoms with Gasteiger partial charge in [-0.2, -0.15) is 0 Å². The summed E-state index contributed by atoms with van der Waals surface area (Å²) in [4.78, 5) is 15.1. The van der Waals surface area contributed by atoms with Gasteiger partial charge in [0.05, 0.1) is 19.0 Å². The van der Waals surface area contributed by atoms with Crippen LogP contribution in [-0.2, 0) is 38.4 Å². The lowest BCUT2D eigenvalue weighted by Gasteiger charge is -2.30. The highest BCUT2D eigenvalue weighted by Gasteiger charge is 2.31. The number of rotatable bonds is 8. The number of amides is 1. The van der Waals surface area contributed by atoms with Gasteiger partial charge in [-0.25, -0.2) is 12.7 Å². The summed E-state index contributed by atoms with van der Waals surface area (Å²) in [5, 5.41) is 3.05. The van der Waals surface area contributed by atoms with Gasteiger partial charge in [0.1, 0.15) is 0 Å². The minimum atomic E-state index is -3.37. The van der Waals surface area contributed by atoms with Crippen LogP contribution in [0.3, 0.4) is 0 Å². The number of nitrogens with zero attached hydrogens (tertiary/aromatic N) is 2. The van der Waals surface area contributed by atoms with Crippen molar-refractivity contribution in [2.75, 3.05) is 39.4 Å². The molecule has 2 fully saturated rings. The number of carbonyl (C=O) groups excluding carboxylic acids is 1. The quantitative estimate of drug-likeness (QED) is 0.640. The number of hydrogen-bond donors (Lipinski definition) is 1. The second-order valence-corrected chi connectivity index (χ2v) is 10.8. The van der Waals surface area contributed by atoms with Gasteiger partial charge in [-0.1, -0.05) is 54.6 Å². The van der Waals surface area contributed by atoms with Crippen LogP contribution >= 0.6 is 0 Å². The Hall–Kier alpha value is -2.26. The molecule has 2 heterocycles. The van der Waals surface area contributed by atoms with Crippen molar-refractivity contribution in [2.24, 2.45) is 5.92 Å². The van der Waals surface area contributed by atoms with E-state index in [1.54, 1.807) is 0 Å². The van der Waals surface area contributed by atoms with Crippen LogP contribution in [0.25, 0.3) is 0 Å². The minimum Gasteiger partial charge on any atom is -0.379 e. The third kappa shape index (κ3) is 6.86. The lowest BCUT2D eigenvalue weighted by molar-refractivity contribution is -0.126. The number of carbonyl (C=O) groups is 1. The van der Waals surface area contributed by atoms with Crippen LogP contribution in [0.4, 0.5) is 0 Å². The number of sulfonamides is 1. The molecular formula is C25H33N3O4S. The summed E-state index contributed by atoms with van der Waals surface area (Å²) in [6.45, 7) is 5.61. The number of piperidine rings is 1. The highest BCUT2D eigenvalue weighted by molar-refractivity contribution is 7.88. The molecule has 0 bridgehead atoms. The molecule has 2 aromatic carbocycles. The predicted molar refractivity (Wildman–Crippen MR) is 128 cm³/mol. The summed E-state index contributed by atoms with van der Waals surface area (Å²) < 4.78 is 32.4. The van der Waals surface area contributed by atoms with E-state index in [2.05, 4.69) is 22.3 Å². The van der Waals surface area contributed by atoms with Gasteiger partial charge in [0.15, 0.2) is 0 Å². The first-order valence-electron chi connectivity index (χ1n) is 11.7. The molecule has 0 saturated carbocycles. The van der Waals surface area contributed by atoms with Gasteiger partial charge in [-0.05, 0) is 29.5 Å². The van der Waals surface area contributed by atoms with E-state index in [0.717, 1.165) is 44.0 Å². The van der Waals surface area contributed by atoms with Gasteiger partial charge in [-0.15, -0.1) is 0 Å². The molecular weight excluding hydrogens is 438 g/mol. The average Bonchev–Trinajstić information content (AvgIpc) is 2.84. The summed E-state index contributed by atoms with van der Waals surface area (Å²) >= 11 is 0. The maximum atomic E-state index is 12.7. The molecule has 7 nitrogen and oxygen atoms in total. The van der Waals surface area contributed by atoms with Crippen LogP contribution < -0.4 is 5.32 Å². The molecule has 33 heavy (non-hydrogen) atoms. The van der Waals surface area contributed by atoms with Crippen LogP contribution in [0.2, 0.25) is 0 Å². The Bertz CT molecular complexity index is 1010. The van der Waals surface area contributed by atoms with E-state index in [9.17, 15) is 13.2 Å². The number of morpholine rings is 1. The SMILES string of the molecule is O=C(NCc1cccc(CN2CCOCC2)c1)C1CCN(S(=O)(=O)Cc2ccccc2)CC1. The molecule has 4 rings (SSSR count). The van der Waals surface area contributed by atoms with Crippen molar-refractivity contribution in [3.63, 3.8) is 0 Å². The molecule has 2 aliphatic rings. The zero-order valence-corrected chi connectivity index (χ0v) is 19.8. The molecule has 2 aliphatic heterocycles. The van der Waals surface area contributed by atoms with Gasteiger partial charge in [-0.3, -0.25) is 9.69 Å². The molecule has 2 aromatic rings. The molecule has 2 saturated heterocycles. The Balaban J connectivity index is 1.23. The zero-order valence-electron chi connectivity index (χ0n) is 19.0. The lowest BCUT2D eigenvalue weighted by atomic mass is 9.97. The second-order valence-electron chi connectivity index (χ2n) is 8.84. The highest BCUT2D eigenvalue weighted by Crippen LogP contribution is 2.22. The Kier molecular flexibility index (Phi) is 8.14. The third-order valence-electron chi connectivity index (χ3n) is 6.38. The summed E-state index contributed by atoms with van der Waals surface area (Å²) in [7, 11) is -3.37. The molecule has 0 aromatic heterocycles. The van der Waals surface area contributed by atoms with Crippen molar-refractivity contribution in [3.8, 4) is 0 Å². The van der Waals surface area contributed by atoms with E-state index in [1.165, 1.54) is 9.87 Å². The number of hydrogen-bond acceptors (Lipinski definition) is 5. The standard InChI is InChI=1S/C25H33N3O4S/c29-25(26-18-22-7-4-8-23(17-22)19-27-13-15-32-16-14-27)24-9-11-28(12-10-24)33(30,31)20-21-5-2-1-3-6-21/h1-8,17,24H,9-16,18-20H2,(H,26,29). The average molecular weight is 472 g/mol. The van der Waals surface area contributed by atoms with E-state index in [1.807, 2.05) is 42.5 Å². The minimum absolute atomic E-state index is 0.00545. The molecule has 8 heteroatoms. The predicted octanol–water partition coefficient (Wildman–Crippen LogP) is 2.38. The van der Waals surface area contributed by atoms with E-state index in [-0.39, 0.29) is 17.6 Å².